The highest BCUT2D eigenvalue weighted by molar-refractivity contribution is 5.46. The van der Waals surface area contributed by atoms with E-state index in [4.69, 9.17) is 14.2 Å². The first kappa shape index (κ1) is 13.8. The van der Waals surface area contributed by atoms with Gasteiger partial charge in [-0.2, -0.15) is 13.2 Å². The lowest BCUT2D eigenvalue weighted by molar-refractivity contribution is -0.175. The van der Waals surface area contributed by atoms with Crippen molar-refractivity contribution in [2.75, 3.05) is 33.0 Å². The van der Waals surface area contributed by atoms with Crippen LogP contribution in [0.5, 0.6) is 17.2 Å². The van der Waals surface area contributed by atoms with E-state index in [0.29, 0.717) is 30.5 Å². The molecule has 0 unspecified atom stereocenters. The molecule has 106 valence electrons. The molecule has 0 radical (unpaired) electrons. The van der Waals surface area contributed by atoms with Crippen molar-refractivity contribution < 1.29 is 32.1 Å². The Balaban J connectivity index is 1.74. The highest BCUT2D eigenvalue weighted by Gasteiger charge is 2.27. The van der Waals surface area contributed by atoms with Crippen LogP contribution < -0.4 is 14.2 Å². The number of rotatable bonds is 5. The Labute approximate surface area is 108 Å². The van der Waals surface area contributed by atoms with Gasteiger partial charge in [0.15, 0.2) is 11.5 Å². The summed E-state index contributed by atoms with van der Waals surface area (Å²) >= 11 is 0. The molecule has 2 rings (SSSR count). The molecule has 4 nitrogen and oxygen atoms in total. The van der Waals surface area contributed by atoms with Crippen LogP contribution >= 0.6 is 0 Å². The second-order valence-corrected chi connectivity index (χ2v) is 3.82. The topological polar surface area (TPSA) is 36.9 Å². The highest BCUT2D eigenvalue weighted by Crippen LogP contribution is 2.33. The van der Waals surface area contributed by atoms with Gasteiger partial charge in [0.2, 0.25) is 0 Å². The maximum Gasteiger partial charge on any atom is 0.411 e. The van der Waals surface area contributed by atoms with Crippen LogP contribution in [0.25, 0.3) is 0 Å². The summed E-state index contributed by atoms with van der Waals surface area (Å²) in [7, 11) is 0. The van der Waals surface area contributed by atoms with E-state index < -0.39 is 12.8 Å². The maximum atomic E-state index is 11.8. The average molecular weight is 278 g/mol. The molecule has 0 spiro atoms. The van der Waals surface area contributed by atoms with Gasteiger partial charge in [-0.25, -0.2) is 0 Å². The molecule has 1 heterocycles. The van der Waals surface area contributed by atoms with Crippen LogP contribution in [0.3, 0.4) is 0 Å². The fourth-order valence-electron chi connectivity index (χ4n) is 1.52. The highest BCUT2D eigenvalue weighted by atomic mass is 19.4. The van der Waals surface area contributed by atoms with Crippen LogP contribution in [-0.4, -0.2) is 39.2 Å². The van der Waals surface area contributed by atoms with Crippen molar-refractivity contribution >= 4 is 0 Å². The fraction of sp³-hybridized carbons (Fsp3) is 0.500. The van der Waals surface area contributed by atoms with E-state index in [1.165, 1.54) is 0 Å². The van der Waals surface area contributed by atoms with Gasteiger partial charge in [-0.3, -0.25) is 0 Å². The molecule has 0 aromatic heterocycles. The predicted molar refractivity (Wildman–Crippen MR) is 59.8 cm³/mol. The Morgan fingerprint density at radius 2 is 1.79 bits per heavy atom. The molecule has 0 atom stereocenters. The summed E-state index contributed by atoms with van der Waals surface area (Å²) in [6, 6.07) is 5.00. The average Bonchev–Trinajstić information content (AvgIpc) is 2.37. The third kappa shape index (κ3) is 4.51. The van der Waals surface area contributed by atoms with Gasteiger partial charge in [-0.1, -0.05) is 0 Å². The van der Waals surface area contributed by atoms with E-state index >= 15 is 0 Å². The summed E-state index contributed by atoms with van der Waals surface area (Å²) in [5.74, 6) is 1.70. The summed E-state index contributed by atoms with van der Waals surface area (Å²) in [5.41, 5.74) is 0. The number of halogens is 3. The van der Waals surface area contributed by atoms with Crippen molar-refractivity contribution in [1.29, 1.82) is 0 Å². The molecule has 1 aliphatic rings. The molecule has 1 aromatic carbocycles. The monoisotopic (exact) mass is 278 g/mol. The second kappa shape index (κ2) is 6.01. The van der Waals surface area contributed by atoms with Gasteiger partial charge in [0, 0.05) is 6.07 Å². The predicted octanol–water partition coefficient (Wildman–Crippen LogP) is 2.42. The Hall–Kier alpha value is -1.63. The summed E-state index contributed by atoms with van der Waals surface area (Å²) in [4.78, 5) is 0. The minimum absolute atomic E-state index is 0.0374. The summed E-state index contributed by atoms with van der Waals surface area (Å²) in [5, 5.41) is 0. The molecule has 0 saturated heterocycles. The lowest BCUT2D eigenvalue weighted by Gasteiger charge is -2.18. The van der Waals surface area contributed by atoms with Gasteiger partial charge >= 0.3 is 6.18 Å². The largest absolute Gasteiger partial charge is 0.491 e. The van der Waals surface area contributed by atoms with Crippen molar-refractivity contribution in [3.05, 3.63) is 18.2 Å². The lowest BCUT2D eigenvalue weighted by Crippen LogP contribution is -2.19. The van der Waals surface area contributed by atoms with Crippen LogP contribution in [0.1, 0.15) is 0 Å². The molecule has 0 amide bonds. The summed E-state index contributed by atoms with van der Waals surface area (Å²) in [6.45, 7) is -0.398. The van der Waals surface area contributed by atoms with E-state index in [1.807, 2.05) is 0 Å². The molecule has 0 aliphatic carbocycles. The first-order chi connectivity index (χ1) is 9.04. The number of alkyl halides is 3. The van der Waals surface area contributed by atoms with Crippen LogP contribution in [0.4, 0.5) is 13.2 Å². The van der Waals surface area contributed by atoms with Crippen LogP contribution in [0.15, 0.2) is 18.2 Å². The molecule has 19 heavy (non-hydrogen) atoms. The number of ether oxygens (including phenoxy) is 4. The zero-order valence-electron chi connectivity index (χ0n) is 10.0. The van der Waals surface area contributed by atoms with E-state index in [0.717, 1.165) is 0 Å². The van der Waals surface area contributed by atoms with E-state index in [1.54, 1.807) is 18.2 Å². The van der Waals surface area contributed by atoms with E-state index in [-0.39, 0.29) is 13.2 Å². The minimum atomic E-state index is -4.31. The normalized spacial score (nSPS) is 14.3. The molecule has 0 fully saturated rings. The molecular weight excluding hydrogens is 265 g/mol. The van der Waals surface area contributed by atoms with Crippen molar-refractivity contribution in [2.24, 2.45) is 0 Å². The van der Waals surface area contributed by atoms with Gasteiger partial charge in [-0.05, 0) is 12.1 Å². The zero-order valence-corrected chi connectivity index (χ0v) is 10.0. The summed E-state index contributed by atoms with van der Waals surface area (Å²) in [6.07, 6.45) is -4.31. The smallest absolute Gasteiger partial charge is 0.411 e. The van der Waals surface area contributed by atoms with Crippen LogP contribution in [0.2, 0.25) is 0 Å². The standard InChI is InChI=1S/C12H13F3O4/c13-12(14,15)8-16-3-4-17-9-1-2-10-11(7-9)19-6-5-18-10/h1-2,7H,3-6,8H2. The van der Waals surface area contributed by atoms with Crippen molar-refractivity contribution in [3.63, 3.8) is 0 Å². The van der Waals surface area contributed by atoms with Crippen molar-refractivity contribution in [3.8, 4) is 17.2 Å². The van der Waals surface area contributed by atoms with E-state index in [2.05, 4.69) is 4.74 Å². The van der Waals surface area contributed by atoms with Gasteiger partial charge < -0.3 is 18.9 Å². The number of benzene rings is 1. The molecule has 1 aliphatic heterocycles. The quantitative estimate of drug-likeness (QED) is 0.775. The Bertz CT molecular complexity index is 420. The van der Waals surface area contributed by atoms with Crippen molar-refractivity contribution in [1.82, 2.24) is 0 Å². The molecule has 0 saturated carbocycles. The van der Waals surface area contributed by atoms with Gasteiger partial charge in [-0.15, -0.1) is 0 Å². The molecule has 0 N–H and O–H groups in total. The van der Waals surface area contributed by atoms with Crippen molar-refractivity contribution in [2.45, 2.75) is 6.18 Å². The molecular formula is C12H13F3O4. The SMILES string of the molecule is FC(F)(F)COCCOc1ccc2c(c1)OCCO2. The summed E-state index contributed by atoms with van der Waals surface area (Å²) < 4.78 is 55.8. The third-order valence-electron chi connectivity index (χ3n) is 2.28. The number of fused-ring (bicyclic) bond motifs is 1. The van der Waals surface area contributed by atoms with Gasteiger partial charge in [0.1, 0.15) is 32.2 Å². The molecule has 0 bridgehead atoms. The van der Waals surface area contributed by atoms with Gasteiger partial charge in [0.05, 0.1) is 6.61 Å². The Morgan fingerprint density at radius 1 is 1.05 bits per heavy atom. The first-order valence-electron chi connectivity index (χ1n) is 5.71. The maximum absolute atomic E-state index is 11.8. The second-order valence-electron chi connectivity index (χ2n) is 3.82. The molecule has 7 heteroatoms. The number of hydrogen-bond acceptors (Lipinski definition) is 4. The first-order valence-corrected chi connectivity index (χ1v) is 5.71. The minimum Gasteiger partial charge on any atom is -0.491 e. The van der Waals surface area contributed by atoms with Crippen LogP contribution in [0, 0.1) is 0 Å². The zero-order chi connectivity index (χ0) is 13.7. The Morgan fingerprint density at radius 3 is 2.53 bits per heavy atom. The van der Waals surface area contributed by atoms with Crippen LogP contribution in [-0.2, 0) is 4.74 Å². The number of hydrogen-bond donors (Lipinski definition) is 0. The third-order valence-corrected chi connectivity index (χ3v) is 2.28. The Kier molecular flexibility index (Phi) is 4.36. The van der Waals surface area contributed by atoms with Gasteiger partial charge in [0.25, 0.3) is 0 Å². The fourth-order valence-corrected chi connectivity index (χ4v) is 1.52. The lowest BCUT2D eigenvalue weighted by atomic mass is 10.3. The molecule has 1 aromatic rings. The van der Waals surface area contributed by atoms with E-state index in [9.17, 15) is 13.2 Å².